The number of allylic oxidation sites excluding steroid dienone is 1. The lowest BCUT2D eigenvalue weighted by Crippen LogP contribution is -2.54. The number of rotatable bonds is 5. The Morgan fingerprint density at radius 2 is 2.00 bits per heavy atom. The van der Waals surface area contributed by atoms with E-state index in [4.69, 9.17) is 9.47 Å². The molecule has 0 aromatic heterocycles. The lowest BCUT2D eigenvalue weighted by molar-refractivity contribution is -0.130. The van der Waals surface area contributed by atoms with E-state index >= 15 is 0 Å². The Hall–Kier alpha value is -0.910. The van der Waals surface area contributed by atoms with Crippen molar-refractivity contribution in [3.63, 3.8) is 0 Å². The summed E-state index contributed by atoms with van der Waals surface area (Å²) in [5.74, 6) is 0.183. The number of likely N-dealkylation sites (tertiary alicyclic amines) is 1. The molecule has 5 heteroatoms. The van der Waals surface area contributed by atoms with Gasteiger partial charge in [0.2, 0.25) is 5.91 Å². The van der Waals surface area contributed by atoms with Crippen LogP contribution in [0.4, 0.5) is 0 Å². The molecule has 1 amide bonds. The summed E-state index contributed by atoms with van der Waals surface area (Å²) >= 11 is 0. The van der Waals surface area contributed by atoms with Crippen molar-refractivity contribution in [2.75, 3.05) is 32.9 Å². The molecular formula is C17H30N2O3. The molecule has 0 saturated carbocycles. The minimum atomic E-state index is 0.183. The predicted octanol–water partition coefficient (Wildman–Crippen LogP) is 1.73. The van der Waals surface area contributed by atoms with E-state index in [9.17, 15) is 4.79 Å². The highest BCUT2D eigenvalue weighted by Crippen LogP contribution is 2.17. The highest BCUT2D eigenvalue weighted by atomic mass is 16.5. The molecular weight excluding hydrogens is 280 g/mol. The average molecular weight is 310 g/mol. The molecule has 0 unspecified atom stereocenters. The monoisotopic (exact) mass is 310 g/mol. The quantitative estimate of drug-likeness (QED) is 0.786. The summed E-state index contributed by atoms with van der Waals surface area (Å²) in [7, 11) is 0. The lowest BCUT2D eigenvalue weighted by Gasteiger charge is -2.38. The number of hydrogen-bond donors (Lipinski definition) is 1. The molecule has 0 aromatic carbocycles. The summed E-state index contributed by atoms with van der Waals surface area (Å²) in [6.07, 6.45) is 5.31. The molecule has 2 heterocycles. The molecule has 2 aliphatic rings. The van der Waals surface area contributed by atoms with Crippen LogP contribution >= 0.6 is 0 Å². The minimum Gasteiger partial charge on any atom is -0.380 e. The molecule has 126 valence electrons. The van der Waals surface area contributed by atoms with Crippen LogP contribution in [0.15, 0.2) is 11.6 Å². The summed E-state index contributed by atoms with van der Waals surface area (Å²) < 4.78 is 11.6. The van der Waals surface area contributed by atoms with E-state index in [0.29, 0.717) is 19.3 Å². The predicted molar refractivity (Wildman–Crippen MR) is 86.8 cm³/mol. The van der Waals surface area contributed by atoms with Crippen molar-refractivity contribution in [1.29, 1.82) is 0 Å². The number of amides is 1. The van der Waals surface area contributed by atoms with E-state index in [2.05, 4.69) is 25.2 Å². The van der Waals surface area contributed by atoms with Crippen molar-refractivity contribution in [2.45, 2.75) is 58.2 Å². The van der Waals surface area contributed by atoms with Crippen LogP contribution in [0.3, 0.4) is 0 Å². The molecule has 5 nitrogen and oxygen atoms in total. The highest BCUT2D eigenvalue weighted by Gasteiger charge is 2.30. The van der Waals surface area contributed by atoms with Crippen molar-refractivity contribution < 1.29 is 14.3 Å². The van der Waals surface area contributed by atoms with E-state index in [0.717, 1.165) is 39.0 Å². The molecule has 22 heavy (non-hydrogen) atoms. The molecule has 0 spiro atoms. The second-order valence-electron chi connectivity index (χ2n) is 6.57. The third-order valence-corrected chi connectivity index (χ3v) is 4.48. The van der Waals surface area contributed by atoms with Crippen molar-refractivity contribution >= 4 is 5.91 Å². The molecule has 0 aliphatic carbocycles. The Kier molecular flexibility index (Phi) is 6.86. The Morgan fingerprint density at radius 1 is 1.27 bits per heavy atom. The Morgan fingerprint density at radius 3 is 2.64 bits per heavy atom. The zero-order valence-corrected chi connectivity index (χ0v) is 14.1. The van der Waals surface area contributed by atoms with Gasteiger partial charge in [0.15, 0.2) is 0 Å². The van der Waals surface area contributed by atoms with E-state index < -0.39 is 0 Å². The van der Waals surface area contributed by atoms with Crippen LogP contribution in [0.1, 0.15) is 40.0 Å². The van der Waals surface area contributed by atoms with Crippen LogP contribution in [-0.4, -0.2) is 61.9 Å². The van der Waals surface area contributed by atoms with E-state index in [1.165, 1.54) is 5.57 Å². The maximum atomic E-state index is 11.4. The largest absolute Gasteiger partial charge is 0.380 e. The SMILES string of the molecule is CC(=O)N1CCC(N[C@@H]2COCC[C@@H]2OCC=C(C)C)CC1. The number of piperidine rings is 1. The molecule has 0 aromatic rings. The minimum absolute atomic E-state index is 0.183. The molecule has 2 rings (SSSR count). The zero-order valence-electron chi connectivity index (χ0n) is 14.1. The summed E-state index contributed by atoms with van der Waals surface area (Å²) in [4.78, 5) is 13.3. The summed E-state index contributed by atoms with van der Waals surface area (Å²) in [5, 5.41) is 3.70. The first-order valence-electron chi connectivity index (χ1n) is 8.40. The first-order valence-corrected chi connectivity index (χ1v) is 8.40. The van der Waals surface area contributed by atoms with Crippen LogP contribution in [-0.2, 0) is 14.3 Å². The first-order chi connectivity index (χ1) is 10.6. The molecule has 2 aliphatic heterocycles. The van der Waals surface area contributed by atoms with Gasteiger partial charge in [-0.2, -0.15) is 0 Å². The molecule has 2 saturated heterocycles. The summed E-state index contributed by atoms with van der Waals surface area (Å²) in [6.45, 7) is 9.70. The Labute approximate surface area is 134 Å². The lowest BCUT2D eigenvalue weighted by atomic mass is 10.0. The maximum absolute atomic E-state index is 11.4. The van der Waals surface area contributed by atoms with Gasteiger partial charge in [0.25, 0.3) is 0 Å². The van der Waals surface area contributed by atoms with Gasteiger partial charge in [-0.3, -0.25) is 4.79 Å². The van der Waals surface area contributed by atoms with Gasteiger partial charge in [-0.1, -0.05) is 11.6 Å². The number of carbonyl (C=O) groups is 1. The van der Waals surface area contributed by atoms with Gasteiger partial charge in [0.05, 0.1) is 25.4 Å². The van der Waals surface area contributed by atoms with Gasteiger partial charge in [-0.05, 0) is 33.1 Å². The van der Waals surface area contributed by atoms with Gasteiger partial charge < -0.3 is 19.7 Å². The number of carbonyl (C=O) groups excluding carboxylic acids is 1. The molecule has 1 N–H and O–H groups in total. The van der Waals surface area contributed by atoms with Crippen LogP contribution in [0.25, 0.3) is 0 Å². The van der Waals surface area contributed by atoms with Crippen LogP contribution in [0, 0.1) is 0 Å². The molecule has 0 radical (unpaired) electrons. The standard InChI is InChI=1S/C17H30N2O3/c1-13(2)6-11-22-17-7-10-21-12-16(17)18-15-4-8-19(9-5-15)14(3)20/h6,15-18H,4-5,7-12H2,1-3H3/t16-,17+/m1/s1. The number of nitrogens with one attached hydrogen (secondary N) is 1. The first kappa shape index (κ1) is 17.4. The average Bonchev–Trinajstić information content (AvgIpc) is 2.49. The Balaban J connectivity index is 1.79. The fraction of sp³-hybridized carbons (Fsp3) is 0.824. The normalized spacial score (nSPS) is 26.8. The van der Waals surface area contributed by atoms with Gasteiger partial charge in [-0.15, -0.1) is 0 Å². The van der Waals surface area contributed by atoms with Crippen LogP contribution in [0.2, 0.25) is 0 Å². The summed E-state index contributed by atoms with van der Waals surface area (Å²) in [5.41, 5.74) is 1.29. The van der Waals surface area contributed by atoms with Gasteiger partial charge in [0.1, 0.15) is 0 Å². The highest BCUT2D eigenvalue weighted by molar-refractivity contribution is 5.73. The molecule has 2 fully saturated rings. The van der Waals surface area contributed by atoms with Crippen molar-refractivity contribution in [2.24, 2.45) is 0 Å². The zero-order chi connectivity index (χ0) is 15.9. The number of ether oxygens (including phenoxy) is 2. The molecule has 0 bridgehead atoms. The van der Waals surface area contributed by atoms with E-state index in [1.54, 1.807) is 6.92 Å². The topological polar surface area (TPSA) is 50.8 Å². The van der Waals surface area contributed by atoms with Crippen molar-refractivity contribution in [3.8, 4) is 0 Å². The van der Waals surface area contributed by atoms with Crippen LogP contribution < -0.4 is 5.32 Å². The smallest absolute Gasteiger partial charge is 0.219 e. The summed E-state index contributed by atoms with van der Waals surface area (Å²) in [6, 6.07) is 0.713. The number of hydrogen-bond acceptors (Lipinski definition) is 4. The van der Waals surface area contributed by atoms with Gasteiger partial charge in [-0.25, -0.2) is 0 Å². The number of nitrogens with zero attached hydrogens (tertiary/aromatic N) is 1. The van der Waals surface area contributed by atoms with E-state index in [1.807, 2.05) is 4.90 Å². The van der Waals surface area contributed by atoms with E-state index in [-0.39, 0.29) is 18.1 Å². The van der Waals surface area contributed by atoms with Crippen molar-refractivity contribution in [3.05, 3.63) is 11.6 Å². The second-order valence-corrected chi connectivity index (χ2v) is 6.57. The maximum Gasteiger partial charge on any atom is 0.219 e. The van der Waals surface area contributed by atoms with Gasteiger partial charge in [0, 0.05) is 32.7 Å². The molecule has 2 atom stereocenters. The fourth-order valence-corrected chi connectivity index (χ4v) is 3.08. The third-order valence-electron chi connectivity index (χ3n) is 4.48. The Bertz CT molecular complexity index is 385. The van der Waals surface area contributed by atoms with Crippen molar-refractivity contribution in [1.82, 2.24) is 10.2 Å². The second kappa shape index (κ2) is 8.65. The van der Waals surface area contributed by atoms with Crippen LogP contribution in [0.5, 0.6) is 0 Å². The third kappa shape index (κ3) is 5.38. The fourth-order valence-electron chi connectivity index (χ4n) is 3.08. The van der Waals surface area contributed by atoms with Gasteiger partial charge >= 0.3 is 0 Å².